The maximum absolute atomic E-state index is 13.7. The van der Waals surface area contributed by atoms with Gasteiger partial charge in [0.1, 0.15) is 11.6 Å². The first-order valence-corrected chi connectivity index (χ1v) is 6.75. The monoisotopic (exact) mass is 322 g/mol. The Bertz CT molecular complexity index is 619. The minimum Gasteiger partial charge on any atom is -0.491 e. The summed E-state index contributed by atoms with van der Waals surface area (Å²) in [4.78, 5) is 4.10. The fraction of sp³-hybridized carbons (Fsp3) is 0.214. The second kappa shape index (κ2) is 4.81. The van der Waals surface area contributed by atoms with E-state index in [1.54, 1.807) is 6.20 Å². The number of ether oxygens (including phenoxy) is 1. The first-order chi connectivity index (χ1) is 9.16. The van der Waals surface area contributed by atoms with E-state index >= 15 is 0 Å². The zero-order valence-electron chi connectivity index (χ0n) is 10.1. The molecule has 2 heterocycles. The summed E-state index contributed by atoms with van der Waals surface area (Å²) in [6.45, 7) is 0.544. The Labute approximate surface area is 118 Å². The smallest absolute Gasteiger partial charge is 0.147 e. The molecule has 1 aromatic carbocycles. The molecular formula is C14H12BrFN2O. The highest BCUT2D eigenvalue weighted by molar-refractivity contribution is 9.10. The first-order valence-electron chi connectivity index (χ1n) is 5.96. The van der Waals surface area contributed by atoms with Crippen LogP contribution in [0.2, 0.25) is 0 Å². The van der Waals surface area contributed by atoms with Gasteiger partial charge in [0.2, 0.25) is 0 Å². The minimum absolute atomic E-state index is 0.150. The van der Waals surface area contributed by atoms with Crippen LogP contribution in [-0.4, -0.2) is 11.6 Å². The topological polar surface area (TPSA) is 48.1 Å². The lowest BCUT2D eigenvalue weighted by Gasteiger charge is -2.27. The number of anilines is 1. The molecule has 3 nitrogen and oxygen atoms in total. The third-order valence-corrected chi connectivity index (χ3v) is 3.95. The third kappa shape index (κ3) is 2.18. The zero-order chi connectivity index (χ0) is 13.4. The molecule has 0 bridgehead atoms. The van der Waals surface area contributed by atoms with E-state index in [0.717, 1.165) is 11.1 Å². The van der Waals surface area contributed by atoms with Gasteiger partial charge >= 0.3 is 0 Å². The molecule has 1 aromatic heterocycles. The number of hydrogen-bond donors (Lipinski definition) is 1. The summed E-state index contributed by atoms with van der Waals surface area (Å²) < 4.78 is 20.0. The average Bonchev–Trinajstić information content (AvgIpc) is 2.45. The molecule has 0 radical (unpaired) electrons. The third-order valence-electron chi connectivity index (χ3n) is 3.36. The summed E-state index contributed by atoms with van der Waals surface area (Å²) in [5.74, 6) is 0.386. The zero-order valence-corrected chi connectivity index (χ0v) is 11.7. The number of rotatable bonds is 1. The SMILES string of the molecule is Nc1c(F)cc(Br)c2c1CC(c1cccnc1)CO2. The van der Waals surface area contributed by atoms with Gasteiger partial charge < -0.3 is 10.5 Å². The number of pyridine rings is 1. The maximum Gasteiger partial charge on any atom is 0.147 e. The molecule has 1 aliphatic rings. The largest absolute Gasteiger partial charge is 0.491 e. The van der Waals surface area contributed by atoms with Crippen LogP contribution < -0.4 is 10.5 Å². The average molecular weight is 323 g/mol. The molecule has 0 aliphatic carbocycles. The van der Waals surface area contributed by atoms with Crippen molar-refractivity contribution in [3.05, 3.63) is 52.0 Å². The molecule has 19 heavy (non-hydrogen) atoms. The van der Waals surface area contributed by atoms with E-state index in [1.165, 1.54) is 6.07 Å². The van der Waals surface area contributed by atoms with Crippen molar-refractivity contribution in [1.82, 2.24) is 4.98 Å². The van der Waals surface area contributed by atoms with Crippen molar-refractivity contribution in [3.63, 3.8) is 0 Å². The normalized spacial score (nSPS) is 17.7. The summed E-state index contributed by atoms with van der Waals surface area (Å²) in [6, 6.07) is 5.23. The molecule has 2 N–H and O–H groups in total. The van der Waals surface area contributed by atoms with Crippen LogP contribution in [-0.2, 0) is 6.42 Å². The maximum atomic E-state index is 13.7. The Morgan fingerprint density at radius 2 is 2.32 bits per heavy atom. The Morgan fingerprint density at radius 3 is 3.05 bits per heavy atom. The summed E-state index contributed by atoms with van der Waals surface area (Å²) >= 11 is 3.31. The Balaban J connectivity index is 2.00. The fourth-order valence-electron chi connectivity index (χ4n) is 2.34. The highest BCUT2D eigenvalue weighted by atomic mass is 79.9. The molecule has 0 fully saturated rings. The molecule has 98 valence electrons. The van der Waals surface area contributed by atoms with Gasteiger partial charge in [-0.2, -0.15) is 0 Å². The van der Waals surface area contributed by atoms with Gasteiger partial charge in [-0.3, -0.25) is 4.98 Å². The molecule has 1 unspecified atom stereocenters. The van der Waals surface area contributed by atoms with Crippen LogP contribution in [0.25, 0.3) is 0 Å². The number of nitrogen functional groups attached to an aromatic ring is 1. The van der Waals surface area contributed by atoms with Crippen molar-refractivity contribution in [2.24, 2.45) is 0 Å². The molecular weight excluding hydrogens is 311 g/mol. The minimum atomic E-state index is -0.416. The number of nitrogens with zero attached hydrogens (tertiary/aromatic N) is 1. The standard InChI is InChI=1S/C14H12BrFN2O/c15-11-5-12(16)13(17)10-4-9(7-19-14(10)11)8-2-1-3-18-6-8/h1-3,5-6,9H,4,7,17H2. The number of aromatic nitrogens is 1. The predicted molar refractivity (Wildman–Crippen MR) is 74.7 cm³/mol. The number of hydrogen-bond acceptors (Lipinski definition) is 3. The van der Waals surface area contributed by atoms with Crippen LogP contribution in [0.4, 0.5) is 10.1 Å². The van der Waals surface area contributed by atoms with Gasteiger partial charge in [0.25, 0.3) is 0 Å². The van der Waals surface area contributed by atoms with Crippen molar-refractivity contribution in [3.8, 4) is 5.75 Å². The van der Waals surface area contributed by atoms with Gasteiger partial charge in [0, 0.05) is 23.9 Å². The lowest BCUT2D eigenvalue weighted by molar-refractivity contribution is 0.260. The van der Waals surface area contributed by atoms with E-state index in [0.29, 0.717) is 23.2 Å². The van der Waals surface area contributed by atoms with Crippen LogP contribution in [0, 0.1) is 5.82 Å². The van der Waals surface area contributed by atoms with Crippen molar-refractivity contribution >= 4 is 21.6 Å². The van der Waals surface area contributed by atoms with E-state index < -0.39 is 5.82 Å². The Morgan fingerprint density at radius 1 is 1.47 bits per heavy atom. The van der Waals surface area contributed by atoms with Crippen molar-refractivity contribution in [1.29, 1.82) is 0 Å². The van der Waals surface area contributed by atoms with E-state index in [2.05, 4.69) is 20.9 Å². The van der Waals surface area contributed by atoms with Gasteiger partial charge in [-0.1, -0.05) is 6.07 Å². The van der Waals surface area contributed by atoms with Crippen molar-refractivity contribution < 1.29 is 9.13 Å². The van der Waals surface area contributed by atoms with Gasteiger partial charge in [0.05, 0.1) is 16.8 Å². The van der Waals surface area contributed by atoms with Gasteiger partial charge in [-0.25, -0.2) is 4.39 Å². The summed E-state index contributed by atoms with van der Waals surface area (Å²) in [7, 11) is 0. The quantitative estimate of drug-likeness (QED) is 0.819. The lowest BCUT2D eigenvalue weighted by Crippen LogP contribution is -2.21. The molecule has 0 saturated carbocycles. The molecule has 3 rings (SSSR count). The van der Waals surface area contributed by atoms with Crippen LogP contribution in [0.3, 0.4) is 0 Å². The van der Waals surface area contributed by atoms with E-state index in [1.807, 2.05) is 18.3 Å². The Hall–Kier alpha value is -1.62. The summed E-state index contributed by atoms with van der Waals surface area (Å²) in [5.41, 5.74) is 7.80. The lowest BCUT2D eigenvalue weighted by atomic mass is 9.90. The number of nitrogens with two attached hydrogens (primary N) is 1. The molecule has 1 aliphatic heterocycles. The van der Waals surface area contributed by atoms with Crippen molar-refractivity contribution in [2.45, 2.75) is 12.3 Å². The second-order valence-electron chi connectivity index (χ2n) is 4.56. The molecule has 5 heteroatoms. The van der Waals surface area contributed by atoms with E-state index in [9.17, 15) is 4.39 Å². The first kappa shape index (κ1) is 12.4. The Kier molecular flexibility index (Phi) is 3.14. The molecule has 0 spiro atoms. The number of halogens is 2. The molecule has 0 saturated heterocycles. The van der Waals surface area contributed by atoms with E-state index in [-0.39, 0.29) is 11.6 Å². The highest BCUT2D eigenvalue weighted by Crippen LogP contribution is 2.41. The van der Waals surface area contributed by atoms with Gasteiger partial charge in [-0.15, -0.1) is 0 Å². The number of benzene rings is 1. The number of fused-ring (bicyclic) bond motifs is 1. The van der Waals surface area contributed by atoms with Crippen molar-refractivity contribution in [2.75, 3.05) is 12.3 Å². The van der Waals surface area contributed by atoms with Crippen LogP contribution in [0.5, 0.6) is 5.75 Å². The van der Waals surface area contributed by atoms with Gasteiger partial charge in [-0.05, 0) is 40.0 Å². The van der Waals surface area contributed by atoms with Gasteiger partial charge in [0.15, 0.2) is 0 Å². The second-order valence-corrected chi connectivity index (χ2v) is 5.41. The van der Waals surface area contributed by atoms with Crippen LogP contribution >= 0.6 is 15.9 Å². The highest BCUT2D eigenvalue weighted by Gasteiger charge is 2.26. The van der Waals surface area contributed by atoms with Crippen LogP contribution in [0.15, 0.2) is 35.1 Å². The summed E-state index contributed by atoms with van der Waals surface area (Å²) in [5, 5.41) is 0. The predicted octanol–water partition coefficient (Wildman–Crippen LogP) is 3.28. The van der Waals surface area contributed by atoms with Crippen LogP contribution in [0.1, 0.15) is 17.0 Å². The molecule has 1 atom stereocenters. The fourth-order valence-corrected chi connectivity index (χ4v) is 2.90. The summed E-state index contributed by atoms with van der Waals surface area (Å²) in [6.07, 6.45) is 4.19. The van der Waals surface area contributed by atoms with E-state index in [4.69, 9.17) is 10.5 Å². The molecule has 0 amide bonds. The molecule has 2 aromatic rings.